The van der Waals surface area contributed by atoms with E-state index in [0.29, 0.717) is 10.6 Å². The molecule has 2 saturated heterocycles. The largest absolute Gasteiger partial charge is 0.379 e. The molecule has 4 rings (SSSR count). The van der Waals surface area contributed by atoms with E-state index < -0.39 is 0 Å². The molecule has 0 saturated carbocycles. The number of rotatable bonds is 4. The van der Waals surface area contributed by atoms with Crippen molar-refractivity contribution in [1.29, 1.82) is 0 Å². The summed E-state index contributed by atoms with van der Waals surface area (Å²) < 4.78 is 11.4. The molecule has 27 heavy (non-hydrogen) atoms. The summed E-state index contributed by atoms with van der Waals surface area (Å²) in [6.07, 6.45) is 1.000. The minimum Gasteiger partial charge on any atom is -0.379 e. The van der Waals surface area contributed by atoms with Crippen LogP contribution in [0, 0.1) is 0 Å². The minimum atomic E-state index is -0.143. The zero-order valence-corrected chi connectivity index (χ0v) is 15.9. The summed E-state index contributed by atoms with van der Waals surface area (Å²) in [4.78, 5) is 14.9. The third-order valence-electron chi connectivity index (χ3n) is 5.29. The van der Waals surface area contributed by atoms with Crippen LogP contribution in [0.25, 0.3) is 0 Å². The first-order valence-electron chi connectivity index (χ1n) is 9.21. The zero-order chi connectivity index (χ0) is 18.7. The van der Waals surface area contributed by atoms with E-state index in [-0.39, 0.29) is 11.4 Å². The van der Waals surface area contributed by atoms with Crippen LogP contribution in [0.3, 0.4) is 0 Å². The molecule has 0 aliphatic carbocycles. The fourth-order valence-corrected chi connectivity index (χ4v) is 3.87. The third-order valence-corrected chi connectivity index (χ3v) is 5.55. The predicted octanol–water partition coefficient (Wildman–Crippen LogP) is 3.58. The molecule has 2 aromatic rings. The topological polar surface area (TPSA) is 50.8 Å². The second kappa shape index (κ2) is 7.98. The summed E-state index contributed by atoms with van der Waals surface area (Å²) in [5.74, 6) is -0.143. The molecular weight excluding hydrogens is 364 g/mol. The lowest BCUT2D eigenvalue weighted by Gasteiger charge is -2.43. The van der Waals surface area contributed by atoms with Crippen molar-refractivity contribution in [3.63, 3.8) is 0 Å². The summed E-state index contributed by atoms with van der Waals surface area (Å²) in [6.45, 7) is 4.69. The SMILES string of the molecule is O=C(Nc1cccc(CN2CCOCC23CCOC3)c1)c1ccc(Cl)cc1. The van der Waals surface area contributed by atoms with E-state index in [1.807, 2.05) is 18.2 Å². The second-order valence-electron chi connectivity index (χ2n) is 7.16. The number of carbonyl (C=O) groups excluding carboxylic acids is 1. The number of hydrogen-bond acceptors (Lipinski definition) is 4. The van der Waals surface area contributed by atoms with Crippen LogP contribution >= 0.6 is 11.6 Å². The molecule has 0 aromatic heterocycles. The number of benzene rings is 2. The number of amides is 1. The van der Waals surface area contributed by atoms with Gasteiger partial charge in [-0.3, -0.25) is 9.69 Å². The summed E-state index contributed by atoms with van der Waals surface area (Å²) in [5, 5.41) is 3.58. The number of anilines is 1. The second-order valence-corrected chi connectivity index (χ2v) is 7.60. The number of nitrogens with one attached hydrogen (secondary N) is 1. The molecule has 2 fully saturated rings. The lowest BCUT2D eigenvalue weighted by Crippen LogP contribution is -2.56. The van der Waals surface area contributed by atoms with Crippen molar-refractivity contribution in [1.82, 2.24) is 4.90 Å². The monoisotopic (exact) mass is 386 g/mol. The smallest absolute Gasteiger partial charge is 0.255 e. The molecular formula is C21H23ClN2O3. The highest BCUT2D eigenvalue weighted by atomic mass is 35.5. The van der Waals surface area contributed by atoms with Gasteiger partial charge in [0.15, 0.2) is 0 Å². The molecule has 2 aliphatic heterocycles. The first-order valence-corrected chi connectivity index (χ1v) is 9.59. The van der Waals surface area contributed by atoms with Gasteiger partial charge in [0.1, 0.15) is 0 Å². The van der Waals surface area contributed by atoms with Crippen LogP contribution in [-0.2, 0) is 16.0 Å². The molecule has 2 aromatic carbocycles. The number of morpholine rings is 1. The first kappa shape index (κ1) is 18.4. The zero-order valence-electron chi connectivity index (χ0n) is 15.1. The fraction of sp³-hybridized carbons (Fsp3) is 0.381. The Morgan fingerprint density at radius 1 is 1.11 bits per heavy atom. The lowest BCUT2D eigenvalue weighted by molar-refractivity contribution is -0.0749. The Balaban J connectivity index is 1.46. The van der Waals surface area contributed by atoms with E-state index >= 15 is 0 Å². The molecule has 0 radical (unpaired) electrons. The summed E-state index contributed by atoms with van der Waals surface area (Å²) >= 11 is 5.89. The predicted molar refractivity (Wildman–Crippen MR) is 105 cm³/mol. The molecule has 5 nitrogen and oxygen atoms in total. The van der Waals surface area contributed by atoms with E-state index in [4.69, 9.17) is 21.1 Å². The maximum absolute atomic E-state index is 12.4. The van der Waals surface area contributed by atoms with Gasteiger partial charge in [-0.2, -0.15) is 0 Å². The minimum absolute atomic E-state index is 0.0131. The van der Waals surface area contributed by atoms with Crippen LogP contribution in [-0.4, -0.2) is 49.3 Å². The van der Waals surface area contributed by atoms with Crippen molar-refractivity contribution in [3.8, 4) is 0 Å². The van der Waals surface area contributed by atoms with E-state index in [2.05, 4.69) is 16.3 Å². The van der Waals surface area contributed by atoms with E-state index in [1.54, 1.807) is 24.3 Å². The maximum atomic E-state index is 12.4. The van der Waals surface area contributed by atoms with Gasteiger partial charge < -0.3 is 14.8 Å². The van der Waals surface area contributed by atoms with E-state index in [1.165, 1.54) is 0 Å². The number of hydrogen-bond donors (Lipinski definition) is 1. The van der Waals surface area contributed by atoms with Gasteiger partial charge in [0.25, 0.3) is 5.91 Å². The molecule has 1 N–H and O–H groups in total. The van der Waals surface area contributed by atoms with Crippen LogP contribution < -0.4 is 5.32 Å². The molecule has 1 amide bonds. The van der Waals surface area contributed by atoms with Crippen molar-refractivity contribution in [2.45, 2.75) is 18.5 Å². The molecule has 2 heterocycles. The fourth-order valence-electron chi connectivity index (χ4n) is 3.74. The number of nitrogens with zero attached hydrogens (tertiary/aromatic N) is 1. The van der Waals surface area contributed by atoms with Crippen molar-refractivity contribution in [2.75, 3.05) is 38.3 Å². The molecule has 0 bridgehead atoms. The summed E-state index contributed by atoms with van der Waals surface area (Å²) in [7, 11) is 0. The average Bonchev–Trinajstić information content (AvgIpc) is 3.14. The standard InChI is InChI=1S/C21H23ClN2O3/c22-18-6-4-17(5-7-18)20(25)23-19-3-1-2-16(12-19)13-24-9-11-27-15-21(24)8-10-26-14-21/h1-7,12H,8-11,13-15H2,(H,23,25). The Labute approximate surface area is 164 Å². The Kier molecular flexibility index (Phi) is 5.45. The average molecular weight is 387 g/mol. The lowest BCUT2D eigenvalue weighted by atomic mass is 9.95. The van der Waals surface area contributed by atoms with Crippen molar-refractivity contribution in [3.05, 3.63) is 64.7 Å². The van der Waals surface area contributed by atoms with Crippen LogP contribution in [0.5, 0.6) is 0 Å². The Morgan fingerprint density at radius 3 is 2.67 bits per heavy atom. The number of ether oxygens (including phenoxy) is 2. The van der Waals surface area contributed by atoms with Gasteiger partial charge >= 0.3 is 0 Å². The van der Waals surface area contributed by atoms with Gasteiger partial charge in [0, 0.05) is 36.0 Å². The Morgan fingerprint density at radius 2 is 1.89 bits per heavy atom. The Bertz CT molecular complexity index is 803. The highest BCUT2D eigenvalue weighted by Crippen LogP contribution is 2.31. The highest BCUT2D eigenvalue weighted by molar-refractivity contribution is 6.30. The summed E-state index contributed by atoms with van der Waals surface area (Å²) in [5.41, 5.74) is 2.52. The first-order chi connectivity index (χ1) is 13.1. The molecule has 142 valence electrons. The van der Waals surface area contributed by atoms with Gasteiger partial charge in [-0.05, 0) is 48.4 Å². The summed E-state index contributed by atoms with van der Waals surface area (Å²) in [6, 6.07) is 14.9. The van der Waals surface area contributed by atoms with Gasteiger partial charge in [-0.15, -0.1) is 0 Å². The van der Waals surface area contributed by atoms with Crippen LogP contribution in [0.4, 0.5) is 5.69 Å². The van der Waals surface area contributed by atoms with Crippen LogP contribution in [0.1, 0.15) is 22.3 Å². The maximum Gasteiger partial charge on any atom is 0.255 e. The van der Waals surface area contributed by atoms with Gasteiger partial charge in [-0.1, -0.05) is 23.7 Å². The number of halogens is 1. The highest BCUT2D eigenvalue weighted by Gasteiger charge is 2.42. The van der Waals surface area contributed by atoms with E-state index in [9.17, 15) is 4.79 Å². The molecule has 1 unspecified atom stereocenters. The number of carbonyl (C=O) groups is 1. The van der Waals surface area contributed by atoms with E-state index in [0.717, 1.165) is 57.2 Å². The van der Waals surface area contributed by atoms with Crippen molar-refractivity contribution >= 4 is 23.2 Å². The van der Waals surface area contributed by atoms with Crippen molar-refractivity contribution in [2.24, 2.45) is 0 Å². The quantitative estimate of drug-likeness (QED) is 0.872. The van der Waals surface area contributed by atoms with Gasteiger partial charge in [0.05, 0.1) is 25.4 Å². The normalized spacial score (nSPS) is 22.9. The molecule has 6 heteroatoms. The van der Waals surface area contributed by atoms with Gasteiger partial charge in [-0.25, -0.2) is 0 Å². The molecule has 1 atom stereocenters. The van der Waals surface area contributed by atoms with Crippen LogP contribution in [0.2, 0.25) is 5.02 Å². The Hall–Kier alpha value is -1.92. The molecule has 1 spiro atoms. The van der Waals surface area contributed by atoms with Gasteiger partial charge in [0.2, 0.25) is 0 Å². The van der Waals surface area contributed by atoms with Crippen LogP contribution in [0.15, 0.2) is 48.5 Å². The molecule has 2 aliphatic rings. The van der Waals surface area contributed by atoms with Crippen molar-refractivity contribution < 1.29 is 14.3 Å². The third kappa shape index (κ3) is 4.17.